The molecule has 0 aliphatic carbocycles. The van der Waals surface area contributed by atoms with Crippen molar-refractivity contribution in [2.24, 2.45) is 0 Å². The van der Waals surface area contributed by atoms with Crippen LogP contribution >= 0.6 is 0 Å². The van der Waals surface area contributed by atoms with Crippen LogP contribution in [0.2, 0.25) is 0 Å². The molecule has 0 aromatic carbocycles. The Labute approximate surface area is 187 Å². The molecule has 1 aliphatic heterocycles. The standard InChI is InChI=1S/C22H30N8O2/c1-6-17(22(31)29-10-13(3)32-14(4)11-29)27-19-18-21(26-12-25-19)30(7-2)20(28-18)16-8-23-15(5)24-9-16/h8-9,12-14,17H,6-7,10-11H2,1-5H3,(H,25,26,27)/t13-,14+,17-/m1/s1. The number of nitrogens with one attached hydrogen (secondary N) is 1. The first-order valence-electron chi connectivity index (χ1n) is 11.1. The second-order valence-corrected chi connectivity index (χ2v) is 8.20. The van der Waals surface area contributed by atoms with Crippen LogP contribution in [0.4, 0.5) is 5.82 Å². The zero-order valence-corrected chi connectivity index (χ0v) is 19.2. The van der Waals surface area contributed by atoms with E-state index < -0.39 is 6.04 Å². The molecule has 0 bridgehead atoms. The molecule has 10 nitrogen and oxygen atoms in total. The van der Waals surface area contributed by atoms with Crippen LogP contribution in [0, 0.1) is 6.92 Å². The van der Waals surface area contributed by atoms with Gasteiger partial charge in [0.1, 0.15) is 24.0 Å². The molecule has 4 rings (SSSR count). The lowest BCUT2D eigenvalue weighted by molar-refractivity contribution is -0.144. The summed E-state index contributed by atoms with van der Waals surface area (Å²) in [7, 11) is 0. The maximum atomic E-state index is 13.3. The molecule has 3 aromatic heterocycles. The summed E-state index contributed by atoms with van der Waals surface area (Å²) >= 11 is 0. The van der Waals surface area contributed by atoms with Gasteiger partial charge in [0, 0.05) is 32.0 Å². The Hall–Kier alpha value is -3.14. The van der Waals surface area contributed by atoms with Crippen molar-refractivity contribution in [3.05, 3.63) is 24.5 Å². The maximum absolute atomic E-state index is 13.3. The Morgan fingerprint density at radius 3 is 2.47 bits per heavy atom. The van der Waals surface area contributed by atoms with E-state index in [1.165, 1.54) is 6.33 Å². The van der Waals surface area contributed by atoms with Gasteiger partial charge < -0.3 is 19.5 Å². The van der Waals surface area contributed by atoms with Crippen LogP contribution < -0.4 is 5.32 Å². The molecule has 1 fully saturated rings. The highest BCUT2D eigenvalue weighted by molar-refractivity contribution is 5.90. The fraction of sp³-hybridized carbons (Fsp3) is 0.545. The van der Waals surface area contributed by atoms with Crippen molar-refractivity contribution in [1.82, 2.24) is 34.4 Å². The van der Waals surface area contributed by atoms with Crippen LogP contribution in [0.5, 0.6) is 0 Å². The number of morpholine rings is 1. The number of ether oxygens (including phenoxy) is 1. The molecule has 3 aromatic rings. The van der Waals surface area contributed by atoms with Gasteiger partial charge in [-0.05, 0) is 34.1 Å². The highest BCUT2D eigenvalue weighted by Gasteiger charge is 2.30. The van der Waals surface area contributed by atoms with Crippen LogP contribution in [0.1, 0.15) is 39.9 Å². The lowest BCUT2D eigenvalue weighted by Crippen LogP contribution is -2.52. The molecule has 1 aliphatic rings. The number of carbonyl (C=O) groups excluding carboxylic acids is 1. The zero-order valence-electron chi connectivity index (χ0n) is 19.2. The summed E-state index contributed by atoms with van der Waals surface area (Å²) in [4.78, 5) is 37.4. The van der Waals surface area contributed by atoms with Crippen LogP contribution in [0.25, 0.3) is 22.6 Å². The minimum absolute atomic E-state index is 0.0190. The van der Waals surface area contributed by atoms with Gasteiger partial charge in [0.2, 0.25) is 5.91 Å². The van der Waals surface area contributed by atoms with Gasteiger partial charge in [0.15, 0.2) is 17.0 Å². The predicted molar refractivity (Wildman–Crippen MR) is 121 cm³/mol. The molecule has 1 saturated heterocycles. The minimum atomic E-state index is -0.413. The molecule has 0 spiro atoms. The molecule has 1 amide bonds. The van der Waals surface area contributed by atoms with Crippen molar-refractivity contribution < 1.29 is 9.53 Å². The Kier molecular flexibility index (Phi) is 6.31. The Bertz CT molecular complexity index is 1090. The van der Waals surface area contributed by atoms with E-state index in [-0.39, 0.29) is 18.1 Å². The van der Waals surface area contributed by atoms with Gasteiger partial charge >= 0.3 is 0 Å². The van der Waals surface area contributed by atoms with E-state index in [1.54, 1.807) is 12.4 Å². The predicted octanol–water partition coefficient (Wildman–Crippen LogP) is 2.44. The molecule has 0 radical (unpaired) electrons. The van der Waals surface area contributed by atoms with Crippen LogP contribution in [-0.4, -0.2) is 71.6 Å². The van der Waals surface area contributed by atoms with E-state index in [4.69, 9.17) is 9.72 Å². The van der Waals surface area contributed by atoms with Crippen LogP contribution in [0.15, 0.2) is 18.7 Å². The molecule has 3 atom stereocenters. The first kappa shape index (κ1) is 22.1. The monoisotopic (exact) mass is 438 g/mol. The Morgan fingerprint density at radius 1 is 1.16 bits per heavy atom. The van der Waals surface area contributed by atoms with Crippen LogP contribution in [0.3, 0.4) is 0 Å². The summed E-state index contributed by atoms with van der Waals surface area (Å²) in [6.45, 7) is 11.7. The number of anilines is 1. The topological polar surface area (TPSA) is 111 Å². The van der Waals surface area contributed by atoms with Crippen molar-refractivity contribution in [2.75, 3.05) is 18.4 Å². The molecule has 0 saturated carbocycles. The summed E-state index contributed by atoms with van der Waals surface area (Å²) in [5.74, 6) is 2.02. The highest BCUT2D eigenvalue weighted by Crippen LogP contribution is 2.27. The third-order valence-electron chi connectivity index (χ3n) is 5.64. The average Bonchev–Trinajstić information content (AvgIpc) is 3.16. The van der Waals surface area contributed by atoms with Crippen molar-refractivity contribution in [2.45, 2.75) is 65.8 Å². The van der Waals surface area contributed by atoms with E-state index in [0.717, 1.165) is 11.4 Å². The number of hydrogen-bond donors (Lipinski definition) is 1. The molecular weight excluding hydrogens is 408 g/mol. The summed E-state index contributed by atoms with van der Waals surface area (Å²) in [5, 5.41) is 3.33. The molecule has 0 unspecified atom stereocenters. The number of carbonyl (C=O) groups is 1. The quantitative estimate of drug-likeness (QED) is 0.625. The first-order valence-corrected chi connectivity index (χ1v) is 11.1. The summed E-state index contributed by atoms with van der Waals surface area (Å²) in [6, 6.07) is -0.413. The number of amides is 1. The molecule has 1 N–H and O–H groups in total. The Balaban J connectivity index is 1.66. The zero-order chi connectivity index (χ0) is 22.8. The third kappa shape index (κ3) is 4.27. The number of hydrogen-bond acceptors (Lipinski definition) is 8. The average molecular weight is 439 g/mol. The van der Waals surface area contributed by atoms with Crippen molar-refractivity contribution in [3.63, 3.8) is 0 Å². The van der Waals surface area contributed by atoms with Crippen molar-refractivity contribution >= 4 is 22.9 Å². The number of aryl methyl sites for hydroxylation is 2. The lowest BCUT2D eigenvalue weighted by Gasteiger charge is -2.37. The SMILES string of the molecule is CC[C@@H](Nc1ncnc2c1nc(-c1cnc(C)nc1)n2CC)C(=O)N1C[C@@H](C)O[C@@H](C)C1. The molecule has 170 valence electrons. The molecular formula is C22H30N8O2. The van der Waals surface area contributed by atoms with E-state index in [0.29, 0.717) is 48.9 Å². The van der Waals surface area contributed by atoms with Gasteiger partial charge in [-0.25, -0.2) is 24.9 Å². The normalized spacial score (nSPS) is 19.8. The molecule has 4 heterocycles. The fourth-order valence-electron chi connectivity index (χ4n) is 4.15. The largest absolute Gasteiger partial charge is 0.372 e. The third-order valence-corrected chi connectivity index (χ3v) is 5.64. The summed E-state index contributed by atoms with van der Waals surface area (Å²) in [5.41, 5.74) is 2.14. The smallest absolute Gasteiger partial charge is 0.245 e. The maximum Gasteiger partial charge on any atom is 0.245 e. The number of rotatable bonds is 6. The first-order chi connectivity index (χ1) is 15.4. The Morgan fingerprint density at radius 2 is 1.84 bits per heavy atom. The fourth-order valence-corrected chi connectivity index (χ4v) is 4.15. The number of aromatic nitrogens is 6. The van der Waals surface area contributed by atoms with Gasteiger partial charge in [-0.1, -0.05) is 6.92 Å². The van der Waals surface area contributed by atoms with Gasteiger partial charge in [0.05, 0.1) is 17.8 Å². The number of fused-ring (bicyclic) bond motifs is 1. The van der Waals surface area contributed by atoms with E-state index in [9.17, 15) is 4.79 Å². The lowest BCUT2D eigenvalue weighted by atomic mass is 10.1. The molecule has 10 heteroatoms. The number of nitrogens with zero attached hydrogens (tertiary/aromatic N) is 7. The number of imidazole rings is 1. The summed E-state index contributed by atoms with van der Waals surface area (Å²) in [6.07, 6.45) is 5.68. The second kappa shape index (κ2) is 9.15. The van der Waals surface area contributed by atoms with E-state index in [2.05, 4.69) is 25.3 Å². The highest BCUT2D eigenvalue weighted by atomic mass is 16.5. The van der Waals surface area contributed by atoms with Crippen molar-refractivity contribution in [1.29, 1.82) is 0 Å². The molecule has 32 heavy (non-hydrogen) atoms. The van der Waals surface area contributed by atoms with Crippen LogP contribution in [-0.2, 0) is 16.1 Å². The van der Waals surface area contributed by atoms with Crippen molar-refractivity contribution in [3.8, 4) is 11.4 Å². The van der Waals surface area contributed by atoms with Gasteiger partial charge in [-0.2, -0.15) is 0 Å². The van der Waals surface area contributed by atoms with Gasteiger partial charge in [-0.3, -0.25) is 4.79 Å². The van der Waals surface area contributed by atoms with Gasteiger partial charge in [0.25, 0.3) is 0 Å². The minimum Gasteiger partial charge on any atom is -0.372 e. The second-order valence-electron chi connectivity index (χ2n) is 8.20. The van der Waals surface area contributed by atoms with Gasteiger partial charge in [-0.15, -0.1) is 0 Å². The summed E-state index contributed by atoms with van der Waals surface area (Å²) < 4.78 is 7.78. The van der Waals surface area contributed by atoms with E-state index in [1.807, 2.05) is 44.1 Å². The van der Waals surface area contributed by atoms with E-state index >= 15 is 0 Å².